The molecule has 1 aliphatic rings. The van der Waals surface area contributed by atoms with Crippen LogP contribution in [0.4, 0.5) is 0 Å². The largest absolute Gasteiger partial charge is 0.339 e. The zero-order chi connectivity index (χ0) is 11.8. The van der Waals surface area contributed by atoms with Crippen LogP contribution in [-0.2, 0) is 6.42 Å². The molecule has 0 amide bonds. The second-order valence-electron chi connectivity index (χ2n) is 4.33. The van der Waals surface area contributed by atoms with Gasteiger partial charge in [0, 0.05) is 12.5 Å². The summed E-state index contributed by atoms with van der Waals surface area (Å²) in [6, 6.07) is 0.193. The molecule has 2 aromatic rings. The van der Waals surface area contributed by atoms with E-state index >= 15 is 0 Å². The van der Waals surface area contributed by atoms with Crippen molar-refractivity contribution in [3.8, 4) is 0 Å². The van der Waals surface area contributed by atoms with Gasteiger partial charge in [-0.1, -0.05) is 12.1 Å². The molecule has 1 aliphatic carbocycles. The molecule has 2 N–H and O–H groups in total. The highest BCUT2D eigenvalue weighted by molar-refractivity contribution is 5.16. The molecule has 90 valence electrons. The quantitative estimate of drug-likeness (QED) is 0.858. The predicted octanol–water partition coefficient (Wildman–Crippen LogP) is 1.21. The maximum atomic E-state index is 6.15. The van der Waals surface area contributed by atoms with Crippen molar-refractivity contribution in [3.05, 3.63) is 29.9 Å². The Morgan fingerprint density at radius 3 is 3.06 bits per heavy atom. The van der Waals surface area contributed by atoms with E-state index in [-0.39, 0.29) is 6.04 Å². The Morgan fingerprint density at radius 2 is 2.41 bits per heavy atom. The Morgan fingerprint density at radius 1 is 1.59 bits per heavy atom. The minimum Gasteiger partial charge on any atom is -0.339 e. The third-order valence-corrected chi connectivity index (χ3v) is 3.02. The van der Waals surface area contributed by atoms with Crippen LogP contribution in [0.1, 0.15) is 49.3 Å². The van der Waals surface area contributed by atoms with Crippen molar-refractivity contribution in [2.45, 2.75) is 38.3 Å². The van der Waals surface area contributed by atoms with Crippen molar-refractivity contribution >= 4 is 0 Å². The van der Waals surface area contributed by atoms with Gasteiger partial charge < -0.3 is 14.8 Å². The molecule has 0 spiro atoms. The molecule has 0 saturated heterocycles. The van der Waals surface area contributed by atoms with E-state index in [1.165, 1.54) is 12.8 Å². The van der Waals surface area contributed by atoms with Crippen molar-refractivity contribution in [1.29, 1.82) is 0 Å². The van der Waals surface area contributed by atoms with Crippen molar-refractivity contribution in [3.63, 3.8) is 0 Å². The van der Waals surface area contributed by atoms with Gasteiger partial charge in [0.2, 0.25) is 5.89 Å². The van der Waals surface area contributed by atoms with Crippen molar-refractivity contribution < 1.29 is 4.52 Å². The monoisotopic (exact) mass is 233 g/mol. The van der Waals surface area contributed by atoms with Gasteiger partial charge in [-0.2, -0.15) is 4.98 Å². The van der Waals surface area contributed by atoms with Crippen LogP contribution < -0.4 is 5.73 Å². The Bertz CT molecular complexity index is 513. The molecule has 1 fully saturated rings. The predicted molar refractivity (Wildman–Crippen MR) is 60.2 cm³/mol. The molecule has 6 nitrogen and oxygen atoms in total. The first-order valence-electron chi connectivity index (χ1n) is 5.89. The number of nitrogens with zero attached hydrogens (tertiary/aromatic N) is 4. The summed E-state index contributed by atoms with van der Waals surface area (Å²) in [6.07, 6.45) is 6.73. The van der Waals surface area contributed by atoms with E-state index in [1.54, 1.807) is 6.20 Å². The van der Waals surface area contributed by atoms with E-state index in [9.17, 15) is 0 Å². The summed E-state index contributed by atoms with van der Waals surface area (Å²) in [7, 11) is 0. The number of aryl methyl sites for hydroxylation is 1. The van der Waals surface area contributed by atoms with Crippen molar-refractivity contribution in [2.75, 3.05) is 0 Å². The van der Waals surface area contributed by atoms with E-state index < -0.39 is 0 Å². The summed E-state index contributed by atoms with van der Waals surface area (Å²) in [5.74, 6) is 1.15. The second-order valence-corrected chi connectivity index (χ2v) is 4.33. The van der Waals surface area contributed by atoms with Gasteiger partial charge in [-0.15, -0.1) is 0 Å². The highest BCUT2D eigenvalue weighted by Crippen LogP contribution is 2.37. The zero-order valence-corrected chi connectivity index (χ0v) is 9.71. The van der Waals surface area contributed by atoms with Gasteiger partial charge >= 0.3 is 0 Å². The van der Waals surface area contributed by atoms with Crippen LogP contribution in [0.5, 0.6) is 0 Å². The molecule has 17 heavy (non-hydrogen) atoms. The molecule has 1 unspecified atom stereocenters. The average molecular weight is 233 g/mol. The lowest BCUT2D eigenvalue weighted by molar-refractivity contribution is 0.374. The fraction of sp³-hybridized carbons (Fsp3) is 0.545. The van der Waals surface area contributed by atoms with E-state index in [4.69, 9.17) is 10.3 Å². The van der Waals surface area contributed by atoms with E-state index in [1.807, 2.05) is 13.3 Å². The standard InChI is InChI=1S/C11H15N5O/c1-2-9-14-11(15-17-9)10(12)8-5-13-6-16(8)7-3-4-7/h5-7,10H,2-4,12H2,1H3. The first kappa shape index (κ1) is 10.5. The van der Waals surface area contributed by atoms with Crippen LogP contribution in [0.2, 0.25) is 0 Å². The molecule has 0 radical (unpaired) electrons. The van der Waals surface area contributed by atoms with E-state index in [0.29, 0.717) is 17.8 Å². The zero-order valence-electron chi connectivity index (χ0n) is 9.71. The summed E-state index contributed by atoms with van der Waals surface area (Å²) < 4.78 is 7.20. The number of nitrogens with two attached hydrogens (primary N) is 1. The lowest BCUT2D eigenvalue weighted by Gasteiger charge is -2.10. The van der Waals surface area contributed by atoms with Gasteiger partial charge in [0.25, 0.3) is 0 Å². The smallest absolute Gasteiger partial charge is 0.226 e. The first-order chi connectivity index (χ1) is 8.29. The van der Waals surface area contributed by atoms with Crippen LogP contribution in [0.25, 0.3) is 0 Å². The molecule has 6 heteroatoms. The molecule has 3 rings (SSSR count). The molecule has 0 bridgehead atoms. The summed E-state index contributed by atoms with van der Waals surface area (Å²) in [5.41, 5.74) is 7.10. The topological polar surface area (TPSA) is 82.8 Å². The molecular formula is C11H15N5O. The molecule has 0 aliphatic heterocycles. The van der Waals surface area contributed by atoms with Gasteiger partial charge in [0.15, 0.2) is 5.82 Å². The molecule has 2 heterocycles. The maximum Gasteiger partial charge on any atom is 0.226 e. The van der Waals surface area contributed by atoms with Gasteiger partial charge in [-0.3, -0.25) is 0 Å². The first-order valence-corrected chi connectivity index (χ1v) is 5.89. The van der Waals surface area contributed by atoms with Gasteiger partial charge in [-0.05, 0) is 12.8 Å². The number of imidazole rings is 1. The number of aromatic nitrogens is 4. The number of hydrogen-bond donors (Lipinski definition) is 1. The van der Waals surface area contributed by atoms with E-state index in [2.05, 4.69) is 19.7 Å². The normalized spacial score (nSPS) is 17.3. The van der Waals surface area contributed by atoms with Crippen LogP contribution in [0.15, 0.2) is 17.0 Å². The van der Waals surface area contributed by atoms with Gasteiger partial charge in [0.05, 0.1) is 18.2 Å². The summed E-state index contributed by atoms with van der Waals surface area (Å²) in [4.78, 5) is 8.42. The minimum absolute atomic E-state index is 0.359. The fourth-order valence-corrected chi connectivity index (χ4v) is 1.88. The lowest BCUT2D eigenvalue weighted by Crippen LogP contribution is -2.17. The highest BCUT2D eigenvalue weighted by atomic mass is 16.5. The lowest BCUT2D eigenvalue weighted by atomic mass is 10.2. The number of rotatable bonds is 4. The third-order valence-electron chi connectivity index (χ3n) is 3.02. The second kappa shape index (κ2) is 3.96. The Balaban J connectivity index is 1.89. The molecule has 0 aromatic carbocycles. The summed E-state index contributed by atoms with van der Waals surface area (Å²) in [5, 5.41) is 3.91. The molecule has 2 aromatic heterocycles. The molecule has 1 saturated carbocycles. The van der Waals surface area contributed by atoms with Crippen LogP contribution in [0.3, 0.4) is 0 Å². The Kier molecular flexibility index (Phi) is 2.44. The fourth-order valence-electron chi connectivity index (χ4n) is 1.88. The average Bonchev–Trinajstić information content (AvgIpc) is 2.92. The van der Waals surface area contributed by atoms with Crippen molar-refractivity contribution in [1.82, 2.24) is 19.7 Å². The Labute approximate surface area is 98.8 Å². The van der Waals surface area contributed by atoms with Crippen LogP contribution >= 0.6 is 0 Å². The van der Waals surface area contributed by atoms with Gasteiger partial charge in [-0.25, -0.2) is 4.98 Å². The maximum absolute atomic E-state index is 6.15. The number of hydrogen-bond acceptors (Lipinski definition) is 5. The molecular weight excluding hydrogens is 218 g/mol. The SMILES string of the molecule is CCc1nc(C(N)c2cncn2C2CC2)no1. The summed E-state index contributed by atoms with van der Waals surface area (Å²) in [6.45, 7) is 1.97. The third kappa shape index (κ3) is 1.84. The minimum atomic E-state index is -0.359. The Hall–Kier alpha value is -1.69. The molecule has 1 atom stereocenters. The van der Waals surface area contributed by atoms with E-state index in [0.717, 1.165) is 12.1 Å². The van der Waals surface area contributed by atoms with Crippen LogP contribution in [-0.4, -0.2) is 19.7 Å². The van der Waals surface area contributed by atoms with Gasteiger partial charge in [0.1, 0.15) is 6.04 Å². The highest BCUT2D eigenvalue weighted by Gasteiger charge is 2.28. The summed E-state index contributed by atoms with van der Waals surface area (Å²) >= 11 is 0. The van der Waals surface area contributed by atoms with Crippen LogP contribution in [0, 0.1) is 0 Å². The van der Waals surface area contributed by atoms with Crippen molar-refractivity contribution in [2.24, 2.45) is 5.73 Å².